The molecule has 0 bridgehead atoms. The van der Waals surface area contributed by atoms with Crippen LogP contribution in [0.25, 0.3) is 0 Å². The molecular formula is C11H20N2O4S. The molecule has 2 fully saturated rings. The van der Waals surface area contributed by atoms with Gasteiger partial charge in [-0.2, -0.15) is 0 Å². The van der Waals surface area contributed by atoms with Gasteiger partial charge in [-0.25, -0.2) is 0 Å². The lowest BCUT2D eigenvalue weighted by Gasteiger charge is -2.36. The van der Waals surface area contributed by atoms with Gasteiger partial charge in [0.15, 0.2) is 5.17 Å². The summed E-state index contributed by atoms with van der Waals surface area (Å²) >= 11 is 1.25. The molecule has 0 aliphatic carbocycles. The van der Waals surface area contributed by atoms with Crippen LogP contribution in [0.4, 0.5) is 0 Å². The minimum absolute atomic E-state index is 0.276. The van der Waals surface area contributed by atoms with Gasteiger partial charge in [0.05, 0.1) is 12.7 Å². The van der Waals surface area contributed by atoms with E-state index in [1.54, 1.807) is 0 Å². The molecule has 104 valence electrons. The quantitative estimate of drug-likeness (QED) is 0.404. The van der Waals surface area contributed by atoms with Gasteiger partial charge in [0.1, 0.15) is 17.6 Å². The minimum Gasteiger partial charge on any atom is -0.394 e. The van der Waals surface area contributed by atoms with Crippen LogP contribution in [0.15, 0.2) is 0 Å². The van der Waals surface area contributed by atoms with E-state index in [1.807, 2.05) is 4.90 Å². The molecule has 0 radical (unpaired) electrons. The number of aliphatic hydroxyl groups is 3. The Bertz CT molecular complexity index is 299. The van der Waals surface area contributed by atoms with Crippen molar-refractivity contribution in [2.45, 2.75) is 43.0 Å². The number of hydrogen-bond acceptors (Lipinski definition) is 6. The van der Waals surface area contributed by atoms with Crippen molar-refractivity contribution >= 4 is 16.9 Å². The van der Waals surface area contributed by atoms with Crippen molar-refractivity contribution in [3.63, 3.8) is 0 Å². The van der Waals surface area contributed by atoms with E-state index < -0.39 is 18.3 Å². The average molecular weight is 276 g/mol. The van der Waals surface area contributed by atoms with Crippen molar-refractivity contribution in [3.05, 3.63) is 0 Å². The predicted octanol–water partition coefficient (Wildman–Crippen LogP) is -0.421. The molecule has 0 aromatic carbocycles. The van der Waals surface area contributed by atoms with Gasteiger partial charge in [-0.15, -0.1) is 0 Å². The number of aliphatic hydroxyl groups excluding tert-OH is 3. The van der Waals surface area contributed by atoms with Crippen molar-refractivity contribution in [2.75, 3.05) is 19.7 Å². The predicted molar refractivity (Wildman–Crippen MR) is 68.5 cm³/mol. The van der Waals surface area contributed by atoms with Crippen LogP contribution >= 0.6 is 11.8 Å². The maximum Gasteiger partial charge on any atom is 0.158 e. The fourth-order valence-electron chi connectivity index (χ4n) is 2.26. The van der Waals surface area contributed by atoms with Crippen LogP contribution in [0, 0.1) is 5.41 Å². The number of amidine groups is 1. The number of thioether (sulfide) groups is 1. The van der Waals surface area contributed by atoms with E-state index in [-0.39, 0.29) is 18.5 Å². The average Bonchev–Trinajstić information content (AvgIpc) is 2.87. The second-order valence-electron chi connectivity index (χ2n) is 4.70. The van der Waals surface area contributed by atoms with Gasteiger partial charge in [-0.05, 0) is 12.8 Å². The molecule has 0 aromatic rings. The summed E-state index contributed by atoms with van der Waals surface area (Å²) in [5.41, 5.74) is -0.381. The Balaban J connectivity index is 1.87. The van der Waals surface area contributed by atoms with E-state index in [0.29, 0.717) is 5.17 Å². The van der Waals surface area contributed by atoms with Gasteiger partial charge in [0.25, 0.3) is 0 Å². The largest absolute Gasteiger partial charge is 0.394 e. The molecule has 6 nitrogen and oxygen atoms in total. The SMILES string of the molecule is N=C(S[C@@H]1C[C@@H](O)[C@@H](O)[C@@H](CO)O1)N1CCCC1. The molecule has 0 spiro atoms. The Morgan fingerprint density at radius 3 is 2.61 bits per heavy atom. The molecule has 4 atom stereocenters. The van der Waals surface area contributed by atoms with Crippen LogP contribution in [0.5, 0.6) is 0 Å². The first kappa shape index (κ1) is 14.1. The highest BCUT2D eigenvalue weighted by Crippen LogP contribution is 2.29. The van der Waals surface area contributed by atoms with Gasteiger partial charge in [-0.3, -0.25) is 5.41 Å². The smallest absolute Gasteiger partial charge is 0.158 e. The first-order chi connectivity index (χ1) is 8.61. The monoisotopic (exact) mass is 276 g/mol. The van der Waals surface area contributed by atoms with Crippen LogP contribution in [0.3, 0.4) is 0 Å². The molecule has 0 aromatic heterocycles. The molecule has 2 aliphatic rings. The number of nitrogens with zero attached hydrogens (tertiary/aromatic N) is 1. The fraction of sp³-hybridized carbons (Fsp3) is 0.909. The Hall–Kier alpha value is -0.340. The molecule has 0 amide bonds. The van der Waals surface area contributed by atoms with Crippen molar-refractivity contribution in [1.82, 2.24) is 4.90 Å². The standard InChI is InChI=1S/C11H20N2O4S/c12-11(13-3-1-2-4-13)18-9-5-7(15)10(16)8(6-14)17-9/h7-10,12,14-16H,1-6H2/t7-,8-,9-,10-/m1/s1. The van der Waals surface area contributed by atoms with Gasteiger partial charge in [-0.1, -0.05) is 11.8 Å². The molecule has 2 heterocycles. The fourth-order valence-corrected chi connectivity index (χ4v) is 3.33. The van der Waals surface area contributed by atoms with Crippen LogP contribution in [0.2, 0.25) is 0 Å². The third kappa shape index (κ3) is 3.16. The first-order valence-corrected chi connectivity index (χ1v) is 7.12. The maximum atomic E-state index is 9.69. The highest BCUT2D eigenvalue weighted by molar-refractivity contribution is 8.14. The lowest BCUT2D eigenvalue weighted by Crippen LogP contribution is -2.49. The zero-order chi connectivity index (χ0) is 13.1. The molecule has 2 aliphatic heterocycles. The Kier molecular flexibility index (Phi) is 4.85. The van der Waals surface area contributed by atoms with Crippen LogP contribution < -0.4 is 0 Å². The third-order valence-electron chi connectivity index (χ3n) is 3.35. The molecule has 0 saturated carbocycles. The van der Waals surface area contributed by atoms with Crippen molar-refractivity contribution < 1.29 is 20.1 Å². The zero-order valence-corrected chi connectivity index (χ0v) is 11.0. The second-order valence-corrected chi connectivity index (χ2v) is 5.85. The molecule has 0 unspecified atom stereocenters. The van der Waals surface area contributed by atoms with Gasteiger partial charge < -0.3 is 25.0 Å². The van der Waals surface area contributed by atoms with E-state index in [4.69, 9.17) is 15.3 Å². The lowest BCUT2D eigenvalue weighted by atomic mass is 10.0. The molecule has 18 heavy (non-hydrogen) atoms. The van der Waals surface area contributed by atoms with Gasteiger partial charge >= 0.3 is 0 Å². The second kappa shape index (κ2) is 6.21. The highest BCUT2D eigenvalue weighted by Gasteiger charge is 2.37. The Morgan fingerprint density at radius 2 is 2.00 bits per heavy atom. The summed E-state index contributed by atoms with van der Waals surface area (Å²) in [4.78, 5) is 1.99. The number of nitrogens with one attached hydrogen (secondary N) is 1. The van der Waals surface area contributed by atoms with Crippen molar-refractivity contribution in [3.8, 4) is 0 Å². The molecule has 7 heteroatoms. The van der Waals surface area contributed by atoms with Gasteiger partial charge in [0.2, 0.25) is 0 Å². The molecule has 2 saturated heterocycles. The molecular weight excluding hydrogens is 256 g/mol. The van der Waals surface area contributed by atoms with Crippen LogP contribution in [-0.4, -0.2) is 68.8 Å². The van der Waals surface area contributed by atoms with E-state index in [9.17, 15) is 10.2 Å². The summed E-state index contributed by atoms with van der Waals surface area (Å²) in [5, 5.41) is 36.8. The lowest BCUT2D eigenvalue weighted by molar-refractivity contribution is -0.156. The van der Waals surface area contributed by atoms with Crippen molar-refractivity contribution in [2.24, 2.45) is 0 Å². The minimum atomic E-state index is -1.05. The highest BCUT2D eigenvalue weighted by atomic mass is 32.2. The summed E-state index contributed by atoms with van der Waals surface area (Å²) < 4.78 is 5.48. The zero-order valence-electron chi connectivity index (χ0n) is 10.2. The summed E-state index contributed by atoms with van der Waals surface area (Å²) in [7, 11) is 0. The number of likely N-dealkylation sites (tertiary alicyclic amines) is 1. The molecule has 4 N–H and O–H groups in total. The topological polar surface area (TPSA) is 97.0 Å². The number of rotatable bonds is 2. The summed E-state index contributed by atoms with van der Waals surface area (Å²) in [6.07, 6.45) is -0.229. The summed E-state index contributed by atoms with van der Waals surface area (Å²) in [6.45, 7) is 1.46. The van der Waals surface area contributed by atoms with Crippen LogP contribution in [0.1, 0.15) is 19.3 Å². The van der Waals surface area contributed by atoms with E-state index in [1.165, 1.54) is 11.8 Å². The molecule has 2 rings (SSSR count). The van der Waals surface area contributed by atoms with Gasteiger partial charge in [0, 0.05) is 19.5 Å². The van der Waals surface area contributed by atoms with Crippen LogP contribution in [-0.2, 0) is 4.74 Å². The maximum absolute atomic E-state index is 9.69. The Morgan fingerprint density at radius 1 is 1.33 bits per heavy atom. The third-order valence-corrected chi connectivity index (χ3v) is 4.40. The Labute approximate surface area is 110 Å². The number of ether oxygens (including phenoxy) is 1. The summed E-state index contributed by atoms with van der Waals surface area (Å²) in [6, 6.07) is 0. The summed E-state index contributed by atoms with van der Waals surface area (Å²) in [5.74, 6) is 0. The van der Waals surface area contributed by atoms with E-state index >= 15 is 0 Å². The number of hydrogen-bond donors (Lipinski definition) is 4. The van der Waals surface area contributed by atoms with E-state index in [0.717, 1.165) is 25.9 Å². The van der Waals surface area contributed by atoms with E-state index in [2.05, 4.69) is 0 Å². The normalized spacial score (nSPS) is 36.9. The first-order valence-electron chi connectivity index (χ1n) is 6.24. The van der Waals surface area contributed by atoms with Crippen molar-refractivity contribution in [1.29, 1.82) is 5.41 Å².